The smallest absolute Gasteiger partial charge is 0.159 e. The number of benzene rings is 13. The SMILES string of the molecule is Cc1ccccc1N(c1ccc2c(c1)c1cccc3c4c(-c5ccccc5)c5c(c(-c6ccccc6)c4n2c13)c1cccc2c3cc(N(c4ccccc4C)c4c(C)ccc6c4oc4ccccc46)ccc3n5c21)c1cccc2c1oc1ccccc12. The van der Waals surface area contributed by atoms with Crippen molar-refractivity contribution in [3.63, 3.8) is 0 Å². The molecule has 87 heavy (non-hydrogen) atoms. The lowest BCUT2D eigenvalue weighted by Gasteiger charge is -2.28. The molecule has 0 amide bonds. The number of fused-ring (bicyclic) bond motifs is 18. The fourth-order valence-electron chi connectivity index (χ4n) is 15.2. The minimum Gasteiger partial charge on any atom is -0.454 e. The fraction of sp³-hybridized carbons (Fsp3) is 0.0370. The maximum Gasteiger partial charge on any atom is 0.159 e. The van der Waals surface area contributed by atoms with Crippen LogP contribution >= 0.6 is 0 Å². The third kappa shape index (κ3) is 6.53. The quantitative estimate of drug-likeness (QED) is 0.152. The molecule has 0 aliphatic rings. The second kappa shape index (κ2) is 17.8. The molecule has 408 valence electrons. The Hall–Kier alpha value is -11.3. The van der Waals surface area contributed by atoms with Gasteiger partial charge in [0.1, 0.15) is 11.2 Å². The number of furan rings is 2. The summed E-state index contributed by atoms with van der Waals surface area (Å²) in [6, 6.07) is 95.6. The molecule has 0 radical (unpaired) electrons. The normalized spacial score (nSPS) is 12.3. The first kappa shape index (κ1) is 48.1. The molecule has 0 aliphatic carbocycles. The average molecular weight is 1110 g/mol. The Morgan fingerprint density at radius 2 is 0.713 bits per heavy atom. The number of anilines is 6. The van der Waals surface area contributed by atoms with Gasteiger partial charge >= 0.3 is 0 Å². The van der Waals surface area contributed by atoms with Crippen LogP contribution in [0.15, 0.2) is 270 Å². The molecule has 0 saturated heterocycles. The predicted molar refractivity (Wildman–Crippen MR) is 365 cm³/mol. The van der Waals surface area contributed by atoms with Crippen LogP contribution in [-0.4, -0.2) is 8.80 Å². The molecule has 0 unspecified atom stereocenters. The first-order valence-corrected chi connectivity index (χ1v) is 30.0. The lowest BCUT2D eigenvalue weighted by Crippen LogP contribution is -2.13. The molecular weight excluding hydrogens is 1060 g/mol. The van der Waals surface area contributed by atoms with Gasteiger partial charge < -0.3 is 27.4 Å². The minimum atomic E-state index is 0.862. The summed E-state index contributed by atoms with van der Waals surface area (Å²) in [5.41, 5.74) is 25.3. The average Bonchev–Trinajstić information content (AvgIpc) is 1.51. The molecule has 6 aromatic heterocycles. The number of para-hydroxylation sites is 7. The molecule has 0 fully saturated rings. The van der Waals surface area contributed by atoms with E-state index in [2.05, 4.69) is 294 Å². The zero-order chi connectivity index (χ0) is 57.3. The van der Waals surface area contributed by atoms with E-state index < -0.39 is 0 Å². The number of rotatable bonds is 8. The van der Waals surface area contributed by atoms with E-state index in [-0.39, 0.29) is 0 Å². The maximum absolute atomic E-state index is 6.88. The van der Waals surface area contributed by atoms with E-state index in [0.29, 0.717) is 0 Å². The maximum atomic E-state index is 6.88. The highest BCUT2D eigenvalue weighted by Gasteiger charge is 2.32. The summed E-state index contributed by atoms with van der Waals surface area (Å²) in [5, 5.41) is 14.1. The lowest BCUT2D eigenvalue weighted by molar-refractivity contribution is 0.668. The number of aromatic nitrogens is 2. The lowest BCUT2D eigenvalue weighted by atomic mass is 9.89. The van der Waals surface area contributed by atoms with Crippen molar-refractivity contribution in [1.82, 2.24) is 8.80 Å². The summed E-state index contributed by atoms with van der Waals surface area (Å²) in [4.78, 5) is 4.83. The van der Waals surface area contributed by atoms with Gasteiger partial charge in [0, 0.05) is 98.5 Å². The summed E-state index contributed by atoms with van der Waals surface area (Å²) in [6.45, 7) is 6.61. The molecule has 0 N–H and O–H groups in total. The van der Waals surface area contributed by atoms with Crippen molar-refractivity contribution >= 4 is 154 Å². The van der Waals surface area contributed by atoms with Crippen LogP contribution in [0.25, 0.3) is 142 Å². The number of hydrogen-bond acceptors (Lipinski definition) is 4. The van der Waals surface area contributed by atoms with Gasteiger partial charge in [0.15, 0.2) is 11.2 Å². The van der Waals surface area contributed by atoms with Crippen LogP contribution in [0, 0.1) is 20.8 Å². The molecular formula is C81H52N4O2. The van der Waals surface area contributed by atoms with Crippen molar-refractivity contribution in [3.05, 3.63) is 278 Å². The largest absolute Gasteiger partial charge is 0.454 e. The van der Waals surface area contributed by atoms with Gasteiger partial charge in [0.25, 0.3) is 0 Å². The standard InChI is InChI=1S/C81H52N4O2/c1-47-21-10-14-34-64(47)82(68-36-20-31-58-54-27-12-16-37-69(54)86-80(58)68)52-40-43-66-62(45-52)56-29-18-32-60-73-72(51-25-8-5-9-26-51)79-74(71(50-23-6-4-7-24-50)78(73)84(66)76(56)60)61-33-19-30-57-63-46-53(41-44-67(63)85(79)77(57)61)83(65-35-15-11-22-48(65)2)75-49(3)39-42-59-55-28-13-17-38-70(55)87-81(59)75/h4-46H,1-3H3. The molecule has 0 bridgehead atoms. The molecule has 0 saturated carbocycles. The molecule has 0 spiro atoms. The van der Waals surface area contributed by atoms with E-state index in [1.54, 1.807) is 0 Å². The van der Waals surface area contributed by atoms with Crippen molar-refractivity contribution < 1.29 is 8.83 Å². The first-order valence-electron chi connectivity index (χ1n) is 30.0. The summed E-state index contributed by atoms with van der Waals surface area (Å²) in [7, 11) is 0. The van der Waals surface area contributed by atoms with Crippen LogP contribution in [0.5, 0.6) is 0 Å². The number of nitrogens with zero attached hydrogens (tertiary/aromatic N) is 4. The molecule has 19 rings (SSSR count). The summed E-state index contributed by atoms with van der Waals surface area (Å²) in [5.74, 6) is 0. The Labute approximate surface area is 499 Å². The van der Waals surface area contributed by atoms with E-state index >= 15 is 0 Å². The van der Waals surface area contributed by atoms with Crippen molar-refractivity contribution in [3.8, 4) is 22.3 Å². The molecule has 13 aromatic carbocycles. The Bertz CT molecular complexity index is 6060. The minimum absolute atomic E-state index is 0.862. The third-order valence-electron chi connectivity index (χ3n) is 18.9. The van der Waals surface area contributed by atoms with Crippen molar-refractivity contribution in [1.29, 1.82) is 0 Å². The predicted octanol–water partition coefficient (Wildman–Crippen LogP) is 23.0. The monoisotopic (exact) mass is 1110 g/mol. The zero-order valence-electron chi connectivity index (χ0n) is 47.9. The van der Waals surface area contributed by atoms with E-state index in [9.17, 15) is 0 Å². The highest BCUT2D eigenvalue weighted by molar-refractivity contribution is 6.38. The Balaban J connectivity index is 0.914. The van der Waals surface area contributed by atoms with E-state index in [1.165, 1.54) is 98.5 Å². The zero-order valence-corrected chi connectivity index (χ0v) is 47.9. The summed E-state index contributed by atoms with van der Waals surface area (Å²) >= 11 is 0. The van der Waals surface area contributed by atoms with Gasteiger partial charge in [-0.3, -0.25) is 0 Å². The van der Waals surface area contributed by atoms with Gasteiger partial charge in [0.2, 0.25) is 0 Å². The number of aryl methyl sites for hydroxylation is 3. The van der Waals surface area contributed by atoms with Gasteiger partial charge in [-0.2, -0.15) is 0 Å². The van der Waals surface area contributed by atoms with E-state index in [1.807, 2.05) is 6.07 Å². The first-order chi connectivity index (χ1) is 43.0. The molecule has 19 aromatic rings. The van der Waals surface area contributed by atoms with Crippen LogP contribution in [-0.2, 0) is 0 Å². The Kier molecular flexibility index (Phi) is 9.86. The van der Waals surface area contributed by atoms with Crippen LogP contribution in [0.1, 0.15) is 16.7 Å². The number of hydrogen-bond donors (Lipinski definition) is 0. The molecule has 0 aliphatic heterocycles. The Morgan fingerprint density at radius 3 is 1.28 bits per heavy atom. The van der Waals surface area contributed by atoms with E-state index in [0.717, 1.165) is 94.6 Å². The molecule has 6 nitrogen and oxygen atoms in total. The van der Waals surface area contributed by atoms with Gasteiger partial charge in [-0.15, -0.1) is 0 Å². The molecule has 0 atom stereocenters. The van der Waals surface area contributed by atoms with Gasteiger partial charge in [0.05, 0.1) is 44.5 Å². The van der Waals surface area contributed by atoms with Crippen LogP contribution < -0.4 is 9.80 Å². The second-order valence-electron chi connectivity index (χ2n) is 23.6. The second-order valence-corrected chi connectivity index (χ2v) is 23.6. The van der Waals surface area contributed by atoms with Gasteiger partial charge in [-0.1, -0.05) is 194 Å². The van der Waals surface area contributed by atoms with Crippen molar-refractivity contribution in [2.45, 2.75) is 20.8 Å². The Morgan fingerprint density at radius 1 is 0.287 bits per heavy atom. The summed E-state index contributed by atoms with van der Waals surface area (Å²) < 4.78 is 18.9. The van der Waals surface area contributed by atoms with Gasteiger partial charge in [-0.05, 0) is 115 Å². The van der Waals surface area contributed by atoms with Gasteiger partial charge in [-0.25, -0.2) is 0 Å². The topological polar surface area (TPSA) is 41.6 Å². The fourth-order valence-corrected chi connectivity index (χ4v) is 15.2. The van der Waals surface area contributed by atoms with Crippen molar-refractivity contribution in [2.24, 2.45) is 0 Å². The van der Waals surface area contributed by atoms with Crippen molar-refractivity contribution in [2.75, 3.05) is 9.80 Å². The van der Waals surface area contributed by atoms with Crippen LogP contribution in [0.4, 0.5) is 34.1 Å². The molecule has 6 heterocycles. The third-order valence-corrected chi connectivity index (χ3v) is 18.9. The van der Waals surface area contributed by atoms with Crippen LogP contribution in [0.3, 0.4) is 0 Å². The highest BCUT2D eigenvalue weighted by atomic mass is 16.3. The van der Waals surface area contributed by atoms with E-state index in [4.69, 9.17) is 8.83 Å². The van der Waals surface area contributed by atoms with Crippen LogP contribution in [0.2, 0.25) is 0 Å². The highest BCUT2D eigenvalue weighted by Crippen LogP contribution is 2.56. The molecule has 6 heteroatoms. The summed E-state index contributed by atoms with van der Waals surface area (Å²) in [6.07, 6.45) is 0.